The van der Waals surface area contributed by atoms with Crippen molar-refractivity contribution >= 4 is 6.01 Å². The lowest BCUT2D eigenvalue weighted by atomic mass is 10.2. The molecule has 1 saturated carbocycles. The SMILES string of the molecule is CCNc1nc(C(OCC)C2CC2)no1. The summed E-state index contributed by atoms with van der Waals surface area (Å²) in [5.74, 6) is 1.26. The van der Waals surface area contributed by atoms with Gasteiger partial charge in [-0.25, -0.2) is 0 Å². The highest BCUT2D eigenvalue weighted by molar-refractivity contribution is 5.18. The topological polar surface area (TPSA) is 60.2 Å². The van der Waals surface area contributed by atoms with E-state index in [0.717, 1.165) is 6.54 Å². The molecular weight excluding hydrogens is 194 g/mol. The molecule has 0 amide bonds. The minimum atomic E-state index is 0.0196. The second kappa shape index (κ2) is 4.61. The molecule has 1 aliphatic carbocycles. The number of rotatable bonds is 6. The van der Waals surface area contributed by atoms with Crippen LogP contribution < -0.4 is 5.32 Å². The summed E-state index contributed by atoms with van der Waals surface area (Å²) in [4.78, 5) is 4.27. The van der Waals surface area contributed by atoms with Crippen molar-refractivity contribution in [3.8, 4) is 0 Å². The van der Waals surface area contributed by atoms with Gasteiger partial charge in [0.1, 0.15) is 6.10 Å². The predicted molar refractivity (Wildman–Crippen MR) is 55.6 cm³/mol. The van der Waals surface area contributed by atoms with E-state index in [1.54, 1.807) is 0 Å². The number of hydrogen-bond acceptors (Lipinski definition) is 5. The van der Waals surface area contributed by atoms with Crippen LogP contribution in [0.4, 0.5) is 6.01 Å². The number of ether oxygens (including phenoxy) is 1. The van der Waals surface area contributed by atoms with Crippen molar-refractivity contribution in [2.45, 2.75) is 32.8 Å². The molecule has 1 unspecified atom stereocenters. The Hall–Kier alpha value is -1.10. The van der Waals surface area contributed by atoms with Gasteiger partial charge in [-0.3, -0.25) is 0 Å². The number of nitrogens with zero attached hydrogens (tertiary/aromatic N) is 2. The molecule has 2 rings (SSSR count). The summed E-state index contributed by atoms with van der Waals surface area (Å²) in [6.45, 7) is 5.45. The van der Waals surface area contributed by atoms with E-state index in [1.807, 2.05) is 13.8 Å². The van der Waals surface area contributed by atoms with E-state index < -0.39 is 0 Å². The minimum absolute atomic E-state index is 0.0196. The predicted octanol–water partition coefficient (Wildman–Crippen LogP) is 1.99. The van der Waals surface area contributed by atoms with Crippen LogP contribution in [0.15, 0.2) is 4.52 Å². The number of hydrogen-bond donors (Lipinski definition) is 1. The Kier molecular flexibility index (Phi) is 3.20. The number of aromatic nitrogens is 2. The Bertz CT molecular complexity index is 309. The first-order valence-corrected chi connectivity index (χ1v) is 5.54. The zero-order chi connectivity index (χ0) is 10.7. The monoisotopic (exact) mass is 211 g/mol. The molecule has 0 aliphatic heterocycles. The van der Waals surface area contributed by atoms with Crippen molar-refractivity contribution in [3.05, 3.63) is 5.82 Å². The van der Waals surface area contributed by atoms with Gasteiger partial charge in [0.15, 0.2) is 0 Å². The van der Waals surface area contributed by atoms with Gasteiger partial charge in [0.05, 0.1) is 0 Å². The molecule has 84 valence electrons. The molecule has 1 aliphatic rings. The fourth-order valence-electron chi connectivity index (χ4n) is 1.57. The molecule has 0 radical (unpaired) electrons. The summed E-state index contributed by atoms with van der Waals surface area (Å²) in [6.07, 6.45) is 2.43. The Balaban J connectivity index is 2.04. The Morgan fingerprint density at radius 3 is 2.93 bits per heavy atom. The van der Waals surface area contributed by atoms with Crippen LogP contribution in [0, 0.1) is 5.92 Å². The summed E-state index contributed by atoms with van der Waals surface area (Å²) in [6, 6.07) is 0.484. The van der Waals surface area contributed by atoms with Gasteiger partial charge in [-0.1, -0.05) is 5.16 Å². The van der Waals surface area contributed by atoms with Crippen LogP contribution in [0.25, 0.3) is 0 Å². The van der Waals surface area contributed by atoms with Gasteiger partial charge in [0.2, 0.25) is 5.82 Å². The van der Waals surface area contributed by atoms with Crippen LogP contribution >= 0.6 is 0 Å². The van der Waals surface area contributed by atoms with E-state index in [2.05, 4.69) is 15.5 Å². The minimum Gasteiger partial charge on any atom is -0.370 e. The molecule has 1 aromatic heterocycles. The Morgan fingerprint density at radius 2 is 2.33 bits per heavy atom. The molecule has 0 spiro atoms. The number of nitrogens with one attached hydrogen (secondary N) is 1. The molecule has 5 nitrogen and oxygen atoms in total. The lowest BCUT2D eigenvalue weighted by molar-refractivity contribution is 0.0385. The van der Waals surface area contributed by atoms with Crippen LogP contribution in [0.2, 0.25) is 0 Å². The summed E-state index contributed by atoms with van der Waals surface area (Å²) in [5.41, 5.74) is 0. The van der Waals surface area contributed by atoms with Crippen molar-refractivity contribution in [3.63, 3.8) is 0 Å². The maximum Gasteiger partial charge on any atom is 0.321 e. The quantitative estimate of drug-likeness (QED) is 0.779. The molecule has 1 heterocycles. The molecule has 1 N–H and O–H groups in total. The van der Waals surface area contributed by atoms with Crippen molar-refractivity contribution in [2.75, 3.05) is 18.5 Å². The first-order valence-electron chi connectivity index (χ1n) is 5.54. The van der Waals surface area contributed by atoms with E-state index in [1.165, 1.54) is 12.8 Å². The fourth-order valence-corrected chi connectivity index (χ4v) is 1.57. The first-order chi connectivity index (χ1) is 7.35. The van der Waals surface area contributed by atoms with Crippen LogP contribution in [0.1, 0.15) is 38.6 Å². The maximum atomic E-state index is 5.63. The average molecular weight is 211 g/mol. The highest BCUT2D eigenvalue weighted by Crippen LogP contribution is 2.42. The van der Waals surface area contributed by atoms with Crippen molar-refractivity contribution in [1.82, 2.24) is 10.1 Å². The van der Waals surface area contributed by atoms with Gasteiger partial charge < -0.3 is 14.6 Å². The normalized spacial score (nSPS) is 17.7. The lowest BCUT2D eigenvalue weighted by Crippen LogP contribution is -2.08. The Labute approximate surface area is 89.2 Å². The van der Waals surface area contributed by atoms with Crippen LogP contribution in [-0.4, -0.2) is 23.3 Å². The molecule has 1 fully saturated rings. The Morgan fingerprint density at radius 1 is 1.53 bits per heavy atom. The molecule has 5 heteroatoms. The van der Waals surface area contributed by atoms with E-state index >= 15 is 0 Å². The zero-order valence-corrected chi connectivity index (χ0v) is 9.19. The largest absolute Gasteiger partial charge is 0.370 e. The van der Waals surface area contributed by atoms with E-state index in [0.29, 0.717) is 24.4 Å². The van der Waals surface area contributed by atoms with Crippen molar-refractivity contribution in [1.29, 1.82) is 0 Å². The van der Waals surface area contributed by atoms with Crippen LogP contribution in [0.3, 0.4) is 0 Å². The standard InChI is InChI=1S/C10H17N3O2/c1-3-11-10-12-9(13-15-10)8(14-4-2)7-5-6-7/h7-8H,3-6H2,1-2H3,(H,11,12,13). The molecule has 0 aromatic carbocycles. The van der Waals surface area contributed by atoms with Gasteiger partial charge in [0, 0.05) is 13.2 Å². The smallest absolute Gasteiger partial charge is 0.321 e. The van der Waals surface area contributed by atoms with Gasteiger partial charge in [0.25, 0.3) is 0 Å². The zero-order valence-electron chi connectivity index (χ0n) is 9.19. The molecule has 0 saturated heterocycles. The highest BCUT2D eigenvalue weighted by Gasteiger charge is 2.36. The summed E-state index contributed by atoms with van der Waals surface area (Å²) >= 11 is 0. The second-order valence-corrected chi connectivity index (χ2v) is 3.70. The molecule has 15 heavy (non-hydrogen) atoms. The first kappa shape index (κ1) is 10.4. The van der Waals surface area contributed by atoms with Gasteiger partial charge in [-0.05, 0) is 32.6 Å². The average Bonchev–Trinajstić information content (AvgIpc) is 2.96. The fraction of sp³-hybridized carbons (Fsp3) is 0.800. The van der Waals surface area contributed by atoms with E-state index in [9.17, 15) is 0 Å². The highest BCUT2D eigenvalue weighted by atomic mass is 16.5. The van der Waals surface area contributed by atoms with Crippen LogP contribution in [0.5, 0.6) is 0 Å². The van der Waals surface area contributed by atoms with Crippen molar-refractivity contribution < 1.29 is 9.26 Å². The lowest BCUT2D eigenvalue weighted by Gasteiger charge is -2.10. The molecule has 1 atom stereocenters. The third-order valence-corrected chi connectivity index (χ3v) is 2.42. The van der Waals surface area contributed by atoms with Crippen molar-refractivity contribution in [2.24, 2.45) is 5.92 Å². The second-order valence-electron chi connectivity index (χ2n) is 3.70. The number of anilines is 1. The summed E-state index contributed by atoms with van der Waals surface area (Å²) < 4.78 is 10.7. The third kappa shape index (κ3) is 2.47. The van der Waals surface area contributed by atoms with Crippen LogP contribution in [-0.2, 0) is 4.74 Å². The molecule has 1 aromatic rings. The van der Waals surface area contributed by atoms with Gasteiger partial charge >= 0.3 is 6.01 Å². The van der Waals surface area contributed by atoms with E-state index in [-0.39, 0.29) is 6.10 Å². The van der Waals surface area contributed by atoms with Gasteiger partial charge in [-0.2, -0.15) is 4.98 Å². The summed E-state index contributed by atoms with van der Waals surface area (Å²) in [5, 5.41) is 6.93. The summed E-state index contributed by atoms with van der Waals surface area (Å²) in [7, 11) is 0. The molecular formula is C10H17N3O2. The maximum absolute atomic E-state index is 5.63. The van der Waals surface area contributed by atoms with Gasteiger partial charge in [-0.15, -0.1) is 0 Å². The van der Waals surface area contributed by atoms with E-state index in [4.69, 9.17) is 9.26 Å². The third-order valence-electron chi connectivity index (χ3n) is 2.42. The molecule has 0 bridgehead atoms.